The fourth-order valence-corrected chi connectivity index (χ4v) is 2.05. The maximum Gasteiger partial charge on any atom is 0.328 e. The van der Waals surface area contributed by atoms with Crippen LogP contribution in [-0.4, -0.2) is 26.9 Å². The van der Waals surface area contributed by atoms with Crippen molar-refractivity contribution in [2.24, 2.45) is 5.92 Å². The summed E-state index contributed by atoms with van der Waals surface area (Å²) >= 11 is 0. The van der Waals surface area contributed by atoms with E-state index in [2.05, 4.69) is 5.32 Å². The number of hydrogen-bond donors (Lipinski definition) is 1. The van der Waals surface area contributed by atoms with E-state index < -0.39 is 6.04 Å². The minimum absolute atomic E-state index is 0.0217. The van der Waals surface area contributed by atoms with Crippen molar-refractivity contribution in [2.75, 3.05) is 0 Å². The van der Waals surface area contributed by atoms with Gasteiger partial charge in [0, 0.05) is 18.4 Å². The molecule has 1 unspecified atom stereocenters. The van der Waals surface area contributed by atoms with Gasteiger partial charge in [-0.1, -0.05) is 13.8 Å². The van der Waals surface area contributed by atoms with Crippen molar-refractivity contribution in [3.8, 4) is 0 Å². The van der Waals surface area contributed by atoms with E-state index in [4.69, 9.17) is 0 Å². The summed E-state index contributed by atoms with van der Waals surface area (Å²) in [5, 5.41) is 2.67. The van der Waals surface area contributed by atoms with E-state index in [9.17, 15) is 14.4 Å². The molecule has 0 spiro atoms. The minimum Gasteiger partial charge on any atom is -0.344 e. The molecule has 1 N–H and O–H groups in total. The Morgan fingerprint density at radius 1 is 1.20 bits per heavy atom. The van der Waals surface area contributed by atoms with Crippen molar-refractivity contribution in [1.29, 1.82) is 0 Å². The largest absolute Gasteiger partial charge is 0.344 e. The lowest BCUT2D eigenvalue weighted by Gasteiger charge is -2.19. The number of hydrogen-bond acceptors (Lipinski definition) is 3. The van der Waals surface area contributed by atoms with Crippen LogP contribution in [0.25, 0.3) is 0 Å². The first-order valence-electron chi connectivity index (χ1n) is 6.81. The van der Waals surface area contributed by atoms with Gasteiger partial charge in [-0.2, -0.15) is 0 Å². The molecule has 1 amide bonds. The van der Waals surface area contributed by atoms with Crippen LogP contribution >= 0.6 is 0 Å². The molecule has 0 aromatic carbocycles. The fraction of sp³-hybridized carbons (Fsp3) is 0.643. The highest BCUT2D eigenvalue weighted by Gasteiger charge is 2.21. The minimum atomic E-state index is -0.509. The van der Waals surface area contributed by atoms with Crippen LogP contribution < -0.4 is 11.0 Å². The first-order valence-corrected chi connectivity index (χ1v) is 6.81. The summed E-state index contributed by atoms with van der Waals surface area (Å²) < 4.78 is 2.89. The molecule has 0 aliphatic heterocycles. The van der Waals surface area contributed by atoms with Crippen LogP contribution in [0.4, 0.5) is 0 Å². The Morgan fingerprint density at radius 2 is 1.80 bits per heavy atom. The Balaban J connectivity index is 2.77. The number of carbonyl (C=O) groups excluding carboxylic acids is 2. The standard InChI is InChI=1S/C14H23N3O3/c1-9(2)13(11(5)18)15-12(19)8-16-6-7-17(10(3)4)14(16)20/h6-7,9-10,13H,8H2,1-5H3,(H,15,19). The molecule has 0 aliphatic carbocycles. The number of rotatable bonds is 6. The van der Waals surface area contributed by atoms with E-state index in [-0.39, 0.29) is 35.9 Å². The molecule has 1 rings (SSSR count). The molecular formula is C14H23N3O3. The Kier molecular flexibility index (Phi) is 5.30. The molecular weight excluding hydrogens is 258 g/mol. The van der Waals surface area contributed by atoms with Crippen LogP contribution in [0.5, 0.6) is 0 Å². The molecule has 0 saturated heterocycles. The van der Waals surface area contributed by atoms with E-state index in [1.54, 1.807) is 17.0 Å². The van der Waals surface area contributed by atoms with Gasteiger partial charge in [0.1, 0.15) is 6.54 Å². The average molecular weight is 281 g/mol. The third kappa shape index (κ3) is 3.82. The Hall–Kier alpha value is -1.85. The van der Waals surface area contributed by atoms with Gasteiger partial charge in [-0.05, 0) is 26.7 Å². The van der Waals surface area contributed by atoms with Crippen molar-refractivity contribution in [2.45, 2.75) is 53.2 Å². The molecule has 1 aromatic heterocycles. The third-order valence-electron chi connectivity index (χ3n) is 3.17. The number of ketones is 1. The summed E-state index contributed by atoms with van der Waals surface area (Å²) in [6, 6.07) is -0.460. The number of nitrogens with one attached hydrogen (secondary N) is 1. The molecule has 0 radical (unpaired) electrons. The van der Waals surface area contributed by atoms with Crippen LogP contribution in [0, 0.1) is 5.92 Å². The number of carbonyl (C=O) groups is 2. The zero-order chi connectivity index (χ0) is 15.4. The van der Waals surface area contributed by atoms with Crippen LogP contribution in [-0.2, 0) is 16.1 Å². The zero-order valence-corrected chi connectivity index (χ0v) is 12.7. The number of imidazole rings is 1. The highest BCUT2D eigenvalue weighted by atomic mass is 16.2. The Bertz CT molecular complexity index is 540. The first-order chi connectivity index (χ1) is 9.23. The molecule has 0 aliphatic rings. The first kappa shape index (κ1) is 16.2. The lowest BCUT2D eigenvalue weighted by Crippen LogP contribution is -2.45. The number of nitrogens with zero attached hydrogens (tertiary/aromatic N) is 2. The van der Waals surface area contributed by atoms with E-state index in [1.807, 2.05) is 27.7 Å². The third-order valence-corrected chi connectivity index (χ3v) is 3.17. The molecule has 20 heavy (non-hydrogen) atoms. The summed E-state index contributed by atoms with van der Waals surface area (Å²) in [5.41, 5.74) is -0.223. The second-order valence-electron chi connectivity index (χ2n) is 5.61. The van der Waals surface area contributed by atoms with Gasteiger partial charge in [-0.3, -0.25) is 18.7 Å². The Labute approximate surface area is 118 Å². The fourth-order valence-electron chi connectivity index (χ4n) is 2.05. The average Bonchev–Trinajstić information content (AvgIpc) is 2.67. The molecule has 1 heterocycles. The molecule has 0 bridgehead atoms. The van der Waals surface area contributed by atoms with Gasteiger partial charge in [0.2, 0.25) is 5.91 Å². The van der Waals surface area contributed by atoms with Gasteiger partial charge < -0.3 is 5.32 Å². The molecule has 1 atom stereocenters. The zero-order valence-electron chi connectivity index (χ0n) is 12.7. The van der Waals surface area contributed by atoms with Gasteiger partial charge in [-0.15, -0.1) is 0 Å². The van der Waals surface area contributed by atoms with Crippen LogP contribution in [0.1, 0.15) is 40.7 Å². The summed E-state index contributed by atoms with van der Waals surface area (Å²) in [7, 11) is 0. The lowest BCUT2D eigenvalue weighted by molar-refractivity contribution is -0.128. The topological polar surface area (TPSA) is 73.1 Å². The Morgan fingerprint density at radius 3 is 2.20 bits per heavy atom. The second-order valence-corrected chi connectivity index (χ2v) is 5.61. The maximum atomic E-state index is 12.0. The van der Waals surface area contributed by atoms with Gasteiger partial charge >= 0.3 is 5.69 Å². The smallest absolute Gasteiger partial charge is 0.328 e. The second kappa shape index (κ2) is 6.54. The quantitative estimate of drug-likeness (QED) is 0.844. The van der Waals surface area contributed by atoms with Crippen LogP contribution in [0.2, 0.25) is 0 Å². The number of aromatic nitrogens is 2. The van der Waals surface area contributed by atoms with Crippen molar-refractivity contribution in [3.05, 3.63) is 22.9 Å². The van der Waals surface area contributed by atoms with E-state index in [0.717, 1.165) is 0 Å². The SMILES string of the molecule is CC(=O)C(NC(=O)Cn1ccn(C(C)C)c1=O)C(C)C. The normalized spacial score (nSPS) is 12.8. The van der Waals surface area contributed by atoms with Crippen molar-refractivity contribution in [1.82, 2.24) is 14.5 Å². The number of amides is 1. The summed E-state index contributed by atoms with van der Waals surface area (Å²) in [6.07, 6.45) is 3.24. The summed E-state index contributed by atoms with van der Waals surface area (Å²) in [5.74, 6) is -0.392. The monoisotopic (exact) mass is 281 g/mol. The van der Waals surface area contributed by atoms with E-state index >= 15 is 0 Å². The highest BCUT2D eigenvalue weighted by Crippen LogP contribution is 2.03. The molecule has 0 saturated carbocycles. The van der Waals surface area contributed by atoms with Crippen molar-refractivity contribution in [3.63, 3.8) is 0 Å². The predicted octanol–water partition coefficient (Wildman–Crippen LogP) is 0.960. The molecule has 6 heteroatoms. The van der Waals surface area contributed by atoms with Crippen LogP contribution in [0.3, 0.4) is 0 Å². The van der Waals surface area contributed by atoms with E-state index in [1.165, 1.54) is 11.5 Å². The molecule has 1 aromatic rings. The lowest BCUT2D eigenvalue weighted by atomic mass is 10.0. The predicted molar refractivity (Wildman–Crippen MR) is 76.5 cm³/mol. The maximum absolute atomic E-state index is 12.0. The summed E-state index contributed by atoms with van der Waals surface area (Å²) in [6.45, 7) is 8.91. The van der Waals surface area contributed by atoms with E-state index in [0.29, 0.717) is 0 Å². The number of Topliss-reactive ketones (excluding diaryl/α,β-unsaturated/α-hetero) is 1. The van der Waals surface area contributed by atoms with Gasteiger partial charge in [0.05, 0.1) is 6.04 Å². The van der Waals surface area contributed by atoms with Crippen molar-refractivity contribution < 1.29 is 9.59 Å². The van der Waals surface area contributed by atoms with Crippen molar-refractivity contribution >= 4 is 11.7 Å². The van der Waals surface area contributed by atoms with Crippen LogP contribution in [0.15, 0.2) is 17.2 Å². The van der Waals surface area contributed by atoms with Gasteiger partial charge in [0.25, 0.3) is 0 Å². The van der Waals surface area contributed by atoms with Gasteiger partial charge in [-0.25, -0.2) is 4.79 Å². The molecule has 6 nitrogen and oxygen atoms in total. The highest BCUT2D eigenvalue weighted by molar-refractivity contribution is 5.87. The summed E-state index contributed by atoms with van der Waals surface area (Å²) in [4.78, 5) is 35.4. The van der Waals surface area contributed by atoms with Gasteiger partial charge in [0.15, 0.2) is 5.78 Å². The molecule has 112 valence electrons. The molecule has 0 fully saturated rings.